The lowest BCUT2D eigenvalue weighted by Crippen LogP contribution is -2.70. The summed E-state index contributed by atoms with van der Waals surface area (Å²) < 4.78 is 39.8. The summed E-state index contributed by atoms with van der Waals surface area (Å²) in [5.74, 6) is -7.21. The molecule has 240 valence electrons. The number of esters is 5. The molecule has 6 atom stereocenters. The molecule has 0 radical (unpaired) electrons. The van der Waals surface area contributed by atoms with E-state index in [1.807, 2.05) is 0 Å². The van der Waals surface area contributed by atoms with E-state index in [0.717, 1.165) is 34.8 Å². The Labute approximate surface area is 260 Å². The van der Waals surface area contributed by atoms with E-state index in [9.17, 15) is 28.8 Å². The highest BCUT2D eigenvalue weighted by Crippen LogP contribution is 2.40. The van der Waals surface area contributed by atoms with Crippen LogP contribution in [0.1, 0.15) is 41.0 Å². The van der Waals surface area contributed by atoms with Gasteiger partial charge in [-0.1, -0.05) is 15.9 Å². The zero-order chi connectivity index (χ0) is 32.8. The quantitative estimate of drug-likeness (QED) is 0.257. The lowest BCUT2D eigenvalue weighted by atomic mass is 9.88. The van der Waals surface area contributed by atoms with E-state index in [0.29, 0.717) is 15.4 Å². The SMILES string of the molecule is COC(=O)[C@@]1(Oc2c[nH]c3ccc(Br)cc23)C[C@H](OC(C)=O)[C@@H](NC(C)=O)[C@H]([C@H](OC(C)=O)[C@@H](COC(C)=O)OC(C)=O)O1. The number of hydrogen-bond donors (Lipinski definition) is 2. The number of fused-ring (bicyclic) bond motifs is 1. The van der Waals surface area contributed by atoms with Crippen molar-refractivity contribution >= 4 is 62.6 Å². The van der Waals surface area contributed by atoms with E-state index >= 15 is 0 Å². The second kappa shape index (κ2) is 14.5. The number of aromatic amines is 1. The highest BCUT2D eigenvalue weighted by molar-refractivity contribution is 9.10. The van der Waals surface area contributed by atoms with Gasteiger partial charge in [-0.05, 0) is 18.2 Å². The molecule has 1 aromatic carbocycles. The van der Waals surface area contributed by atoms with E-state index in [-0.39, 0.29) is 5.75 Å². The number of carbonyl (C=O) groups is 6. The monoisotopic (exact) mass is 684 g/mol. The molecule has 1 aliphatic heterocycles. The molecule has 3 rings (SSSR count). The van der Waals surface area contributed by atoms with E-state index < -0.39 is 85.0 Å². The van der Waals surface area contributed by atoms with Crippen LogP contribution in [-0.2, 0) is 57.2 Å². The van der Waals surface area contributed by atoms with Gasteiger partial charge in [0.15, 0.2) is 12.2 Å². The van der Waals surface area contributed by atoms with Crippen molar-refractivity contribution in [2.75, 3.05) is 13.7 Å². The first-order valence-corrected chi connectivity index (χ1v) is 14.1. The Hall–Kier alpha value is -4.18. The molecule has 2 heterocycles. The molecular weight excluding hydrogens is 652 g/mol. The number of benzene rings is 1. The fraction of sp³-hybridized carbons (Fsp3) is 0.500. The minimum absolute atomic E-state index is 0.130. The molecular formula is C28H33BrN2O13. The summed E-state index contributed by atoms with van der Waals surface area (Å²) >= 11 is 3.40. The second-order valence-corrected chi connectivity index (χ2v) is 10.8. The number of methoxy groups -OCH3 is 1. The van der Waals surface area contributed by atoms with Crippen LogP contribution in [0.2, 0.25) is 0 Å². The number of rotatable bonds is 11. The van der Waals surface area contributed by atoms with Crippen LogP contribution in [0.15, 0.2) is 28.9 Å². The van der Waals surface area contributed by atoms with Crippen LogP contribution < -0.4 is 10.1 Å². The van der Waals surface area contributed by atoms with Gasteiger partial charge in [0.1, 0.15) is 24.6 Å². The van der Waals surface area contributed by atoms with Gasteiger partial charge in [0.25, 0.3) is 0 Å². The summed E-state index contributed by atoms with van der Waals surface area (Å²) in [6.07, 6.45) is -5.19. The number of halogens is 1. The van der Waals surface area contributed by atoms with Gasteiger partial charge in [-0.15, -0.1) is 0 Å². The molecule has 0 unspecified atom stereocenters. The molecule has 1 aliphatic rings. The molecule has 0 spiro atoms. The van der Waals surface area contributed by atoms with Crippen molar-refractivity contribution in [3.63, 3.8) is 0 Å². The van der Waals surface area contributed by atoms with Crippen LogP contribution in [0, 0.1) is 0 Å². The van der Waals surface area contributed by atoms with Gasteiger partial charge < -0.3 is 43.5 Å². The Bertz CT molecular complexity index is 1430. The van der Waals surface area contributed by atoms with Crippen molar-refractivity contribution in [3.8, 4) is 5.75 Å². The molecule has 44 heavy (non-hydrogen) atoms. The Morgan fingerprint density at radius 2 is 1.70 bits per heavy atom. The van der Waals surface area contributed by atoms with Gasteiger partial charge in [0, 0.05) is 56.2 Å². The highest BCUT2D eigenvalue weighted by Gasteiger charge is 2.60. The molecule has 15 nitrogen and oxygen atoms in total. The molecule has 1 fully saturated rings. The lowest BCUT2D eigenvalue weighted by Gasteiger charge is -2.48. The Morgan fingerprint density at radius 1 is 1.02 bits per heavy atom. The second-order valence-electron chi connectivity index (χ2n) is 9.87. The molecule has 0 aliphatic carbocycles. The Morgan fingerprint density at radius 3 is 2.27 bits per heavy atom. The third-order valence-electron chi connectivity index (χ3n) is 6.38. The smallest absolute Gasteiger partial charge is 0.379 e. The summed E-state index contributed by atoms with van der Waals surface area (Å²) in [6.45, 7) is 4.90. The van der Waals surface area contributed by atoms with Crippen molar-refractivity contribution < 1.29 is 61.9 Å². The minimum Gasteiger partial charge on any atom is -0.464 e. The maximum Gasteiger partial charge on any atom is 0.379 e. The van der Waals surface area contributed by atoms with Crippen LogP contribution in [0.4, 0.5) is 0 Å². The highest BCUT2D eigenvalue weighted by atomic mass is 79.9. The standard InChI is InChI=1S/C28H33BrN2O13/c1-13(32)31-24-21(40-15(3)34)10-28(27(37)38-6,43-22-11-30-20-8-7-18(29)9-19(20)22)44-26(24)25(42-17(5)36)23(41-16(4)35)12-39-14(2)33/h7-9,11,21,23-26,30H,10,12H2,1-6H3,(H,31,32)/t21-,23+,24+,25+,26+,28+/m0/s1. The largest absolute Gasteiger partial charge is 0.464 e. The van der Waals surface area contributed by atoms with Gasteiger partial charge in [-0.2, -0.15) is 0 Å². The van der Waals surface area contributed by atoms with Crippen molar-refractivity contribution in [1.82, 2.24) is 10.3 Å². The van der Waals surface area contributed by atoms with Crippen LogP contribution in [-0.4, -0.2) is 90.7 Å². The van der Waals surface area contributed by atoms with E-state index in [2.05, 4.69) is 26.2 Å². The number of ether oxygens (including phenoxy) is 7. The van der Waals surface area contributed by atoms with Crippen molar-refractivity contribution in [1.29, 1.82) is 0 Å². The lowest BCUT2D eigenvalue weighted by molar-refractivity contribution is -0.289. The van der Waals surface area contributed by atoms with Gasteiger partial charge in [-0.3, -0.25) is 24.0 Å². The number of aromatic nitrogens is 1. The summed E-state index contributed by atoms with van der Waals surface area (Å²) in [6, 6.07) is 3.94. The molecule has 1 amide bonds. The molecule has 0 saturated carbocycles. The molecule has 0 bridgehead atoms. The third-order valence-corrected chi connectivity index (χ3v) is 6.87. The average molecular weight is 685 g/mol. The number of amides is 1. The first-order valence-electron chi connectivity index (χ1n) is 13.3. The molecule has 2 N–H and O–H groups in total. The van der Waals surface area contributed by atoms with Gasteiger partial charge in [-0.25, -0.2) is 4.79 Å². The molecule has 16 heteroatoms. The Kier molecular flexibility index (Phi) is 11.3. The van der Waals surface area contributed by atoms with E-state index in [1.165, 1.54) is 13.1 Å². The molecule has 2 aromatic rings. The van der Waals surface area contributed by atoms with Crippen molar-refractivity contribution in [2.24, 2.45) is 0 Å². The summed E-state index contributed by atoms with van der Waals surface area (Å²) in [5, 5.41) is 3.13. The summed E-state index contributed by atoms with van der Waals surface area (Å²) in [4.78, 5) is 77.4. The van der Waals surface area contributed by atoms with Crippen LogP contribution in [0.25, 0.3) is 10.9 Å². The van der Waals surface area contributed by atoms with Gasteiger partial charge in [0.2, 0.25) is 5.91 Å². The third kappa shape index (κ3) is 8.47. The maximum absolute atomic E-state index is 13.5. The van der Waals surface area contributed by atoms with E-state index in [1.54, 1.807) is 18.2 Å². The first-order chi connectivity index (χ1) is 20.6. The van der Waals surface area contributed by atoms with Gasteiger partial charge in [0.05, 0.1) is 19.6 Å². The number of carbonyl (C=O) groups excluding carboxylic acids is 6. The van der Waals surface area contributed by atoms with Gasteiger partial charge >= 0.3 is 35.6 Å². The normalized spacial score (nSPS) is 22.6. The van der Waals surface area contributed by atoms with Crippen molar-refractivity contribution in [2.45, 2.75) is 77.3 Å². The predicted octanol–water partition coefficient (Wildman–Crippen LogP) is 1.83. The topological polar surface area (TPSA) is 195 Å². The first kappa shape index (κ1) is 34.3. The fourth-order valence-corrected chi connectivity index (χ4v) is 5.19. The fourth-order valence-electron chi connectivity index (χ4n) is 4.83. The minimum atomic E-state index is -2.38. The van der Waals surface area contributed by atoms with Crippen LogP contribution in [0.5, 0.6) is 5.75 Å². The molecule has 1 saturated heterocycles. The average Bonchev–Trinajstić information content (AvgIpc) is 3.30. The van der Waals surface area contributed by atoms with Crippen LogP contribution in [0.3, 0.4) is 0 Å². The number of hydrogen-bond acceptors (Lipinski definition) is 13. The number of H-pyrrole nitrogens is 1. The summed E-state index contributed by atoms with van der Waals surface area (Å²) in [7, 11) is 1.07. The van der Waals surface area contributed by atoms with E-state index in [4.69, 9.17) is 33.2 Å². The zero-order valence-electron chi connectivity index (χ0n) is 24.8. The van der Waals surface area contributed by atoms with Crippen LogP contribution >= 0.6 is 15.9 Å². The van der Waals surface area contributed by atoms with Crippen molar-refractivity contribution in [3.05, 3.63) is 28.9 Å². The zero-order valence-corrected chi connectivity index (χ0v) is 26.4. The predicted molar refractivity (Wildman–Crippen MR) is 152 cm³/mol. The number of nitrogens with one attached hydrogen (secondary N) is 2. The maximum atomic E-state index is 13.5. The summed E-state index contributed by atoms with van der Waals surface area (Å²) in [5.41, 5.74) is 0.636. The molecule has 1 aromatic heterocycles. The Balaban J connectivity index is 2.25.